The van der Waals surface area contributed by atoms with E-state index in [4.69, 9.17) is 10.8 Å². The summed E-state index contributed by atoms with van der Waals surface area (Å²) in [6, 6.07) is 0. The summed E-state index contributed by atoms with van der Waals surface area (Å²) in [6.45, 7) is -0.639. The molecule has 0 radical (unpaired) electrons. The van der Waals surface area contributed by atoms with E-state index in [1.54, 1.807) is 0 Å². The standard InChI is InChI=1S/C4H7NO3/c5-4(1-6,2-7)3-8/h1-2,8H,3,5H2. The van der Waals surface area contributed by atoms with Crippen molar-refractivity contribution in [2.45, 2.75) is 5.54 Å². The fraction of sp³-hybridized carbons (Fsp3) is 0.500. The lowest BCUT2D eigenvalue weighted by Crippen LogP contribution is -2.46. The first-order chi connectivity index (χ1) is 3.68. The van der Waals surface area contributed by atoms with Gasteiger partial charge in [-0.3, -0.25) is 0 Å². The first-order valence-corrected chi connectivity index (χ1v) is 2.01. The van der Waals surface area contributed by atoms with Crippen LogP contribution in [0.3, 0.4) is 0 Å². The zero-order chi connectivity index (χ0) is 6.62. The molecule has 0 bridgehead atoms. The summed E-state index contributed by atoms with van der Waals surface area (Å²) in [5.74, 6) is 0. The van der Waals surface area contributed by atoms with Gasteiger partial charge in [-0.1, -0.05) is 0 Å². The van der Waals surface area contributed by atoms with Crippen molar-refractivity contribution in [1.29, 1.82) is 0 Å². The molecule has 0 atom stereocenters. The number of aldehydes is 2. The van der Waals surface area contributed by atoms with E-state index in [-0.39, 0.29) is 12.6 Å². The van der Waals surface area contributed by atoms with Crippen molar-refractivity contribution < 1.29 is 14.7 Å². The Kier molecular flexibility index (Phi) is 2.30. The molecule has 0 aromatic heterocycles. The number of carbonyl (C=O) groups excluding carboxylic acids is 2. The number of aliphatic hydroxyl groups excluding tert-OH is 1. The van der Waals surface area contributed by atoms with Gasteiger partial charge in [0.05, 0.1) is 6.61 Å². The lowest BCUT2D eigenvalue weighted by Gasteiger charge is -2.08. The minimum atomic E-state index is -1.68. The van der Waals surface area contributed by atoms with Gasteiger partial charge in [0.25, 0.3) is 0 Å². The van der Waals surface area contributed by atoms with Gasteiger partial charge in [-0.05, 0) is 0 Å². The largest absolute Gasteiger partial charge is 0.394 e. The molecule has 0 aliphatic rings. The first kappa shape index (κ1) is 7.26. The maximum Gasteiger partial charge on any atom is 0.151 e. The number of rotatable bonds is 3. The normalized spacial score (nSPS) is 10.8. The zero-order valence-corrected chi connectivity index (χ0v) is 4.20. The monoisotopic (exact) mass is 117 g/mol. The van der Waals surface area contributed by atoms with E-state index >= 15 is 0 Å². The lowest BCUT2D eigenvalue weighted by molar-refractivity contribution is -0.122. The highest BCUT2D eigenvalue weighted by molar-refractivity contribution is 5.88. The third kappa shape index (κ3) is 1.40. The molecule has 0 aliphatic heterocycles. The summed E-state index contributed by atoms with van der Waals surface area (Å²) in [7, 11) is 0. The van der Waals surface area contributed by atoms with Gasteiger partial charge in [0.2, 0.25) is 0 Å². The molecule has 0 amide bonds. The van der Waals surface area contributed by atoms with E-state index < -0.39 is 12.1 Å². The van der Waals surface area contributed by atoms with Crippen molar-refractivity contribution >= 4 is 12.6 Å². The average molecular weight is 117 g/mol. The number of hydrogen-bond donors (Lipinski definition) is 2. The first-order valence-electron chi connectivity index (χ1n) is 2.01. The fourth-order valence-electron chi connectivity index (χ4n) is 0.102. The molecule has 0 spiro atoms. The Morgan fingerprint density at radius 2 is 1.88 bits per heavy atom. The van der Waals surface area contributed by atoms with Crippen LogP contribution in [0.5, 0.6) is 0 Å². The Morgan fingerprint density at radius 3 is 1.88 bits per heavy atom. The van der Waals surface area contributed by atoms with Crippen LogP contribution in [0, 0.1) is 0 Å². The van der Waals surface area contributed by atoms with Gasteiger partial charge in [0.1, 0.15) is 12.6 Å². The topological polar surface area (TPSA) is 80.4 Å². The smallest absolute Gasteiger partial charge is 0.151 e. The summed E-state index contributed by atoms with van der Waals surface area (Å²) in [6.07, 6.45) is 0.417. The number of hydrogen-bond acceptors (Lipinski definition) is 4. The SMILES string of the molecule is NC(C=O)(C=O)CO. The molecule has 0 rings (SSSR count). The quantitative estimate of drug-likeness (QED) is 0.333. The van der Waals surface area contributed by atoms with Gasteiger partial charge in [-0.2, -0.15) is 0 Å². The Labute approximate surface area is 46.3 Å². The molecule has 0 saturated heterocycles. The predicted molar refractivity (Wildman–Crippen MR) is 26.1 cm³/mol. The van der Waals surface area contributed by atoms with Gasteiger partial charge in [-0.15, -0.1) is 0 Å². The third-order valence-electron chi connectivity index (χ3n) is 0.713. The Morgan fingerprint density at radius 1 is 1.50 bits per heavy atom. The zero-order valence-electron chi connectivity index (χ0n) is 4.20. The molecule has 0 aliphatic carbocycles. The predicted octanol–water partition coefficient (Wildman–Crippen LogP) is -1.93. The van der Waals surface area contributed by atoms with Crippen molar-refractivity contribution in [3.8, 4) is 0 Å². The second-order valence-corrected chi connectivity index (χ2v) is 1.51. The number of carbonyl (C=O) groups is 2. The van der Waals surface area contributed by atoms with Crippen molar-refractivity contribution in [1.82, 2.24) is 0 Å². The summed E-state index contributed by atoms with van der Waals surface area (Å²) >= 11 is 0. The van der Waals surface area contributed by atoms with Crippen LogP contribution >= 0.6 is 0 Å². The molecule has 0 aromatic carbocycles. The maximum atomic E-state index is 9.77. The van der Waals surface area contributed by atoms with Gasteiger partial charge in [0.15, 0.2) is 5.54 Å². The molecular weight excluding hydrogens is 110 g/mol. The molecular formula is C4H7NO3. The lowest BCUT2D eigenvalue weighted by atomic mass is 10.1. The van der Waals surface area contributed by atoms with Gasteiger partial charge in [0, 0.05) is 0 Å². The summed E-state index contributed by atoms with van der Waals surface area (Å²) in [5.41, 5.74) is 3.23. The Bertz CT molecular complexity index is 93.5. The molecule has 46 valence electrons. The van der Waals surface area contributed by atoms with Crippen molar-refractivity contribution in [3.63, 3.8) is 0 Å². The van der Waals surface area contributed by atoms with Crippen molar-refractivity contribution in [2.75, 3.05) is 6.61 Å². The number of nitrogens with two attached hydrogens (primary N) is 1. The van der Waals surface area contributed by atoms with Gasteiger partial charge < -0.3 is 20.4 Å². The van der Waals surface area contributed by atoms with E-state index in [0.717, 1.165) is 0 Å². The Balaban J connectivity index is 3.96. The van der Waals surface area contributed by atoms with E-state index in [2.05, 4.69) is 0 Å². The van der Waals surface area contributed by atoms with Gasteiger partial charge in [-0.25, -0.2) is 0 Å². The van der Waals surface area contributed by atoms with Crippen LogP contribution in [0.4, 0.5) is 0 Å². The highest BCUT2D eigenvalue weighted by atomic mass is 16.3. The molecule has 4 nitrogen and oxygen atoms in total. The molecule has 4 heteroatoms. The second kappa shape index (κ2) is 2.54. The second-order valence-electron chi connectivity index (χ2n) is 1.51. The van der Waals surface area contributed by atoms with Gasteiger partial charge >= 0.3 is 0 Å². The highest BCUT2D eigenvalue weighted by Gasteiger charge is 2.20. The minimum Gasteiger partial charge on any atom is -0.394 e. The van der Waals surface area contributed by atoms with Crippen LogP contribution in [0.1, 0.15) is 0 Å². The summed E-state index contributed by atoms with van der Waals surface area (Å²) in [5, 5.41) is 8.20. The molecule has 3 N–H and O–H groups in total. The minimum absolute atomic E-state index is 0.208. The van der Waals surface area contributed by atoms with Crippen molar-refractivity contribution in [2.24, 2.45) is 5.73 Å². The highest BCUT2D eigenvalue weighted by Crippen LogP contribution is 1.85. The summed E-state index contributed by atoms with van der Waals surface area (Å²) in [4.78, 5) is 19.5. The van der Waals surface area contributed by atoms with Crippen molar-refractivity contribution in [3.05, 3.63) is 0 Å². The van der Waals surface area contributed by atoms with Crippen LogP contribution in [0.2, 0.25) is 0 Å². The van der Waals surface area contributed by atoms with E-state index in [9.17, 15) is 9.59 Å². The molecule has 0 unspecified atom stereocenters. The Hall–Kier alpha value is -0.740. The van der Waals surface area contributed by atoms with E-state index in [1.165, 1.54) is 0 Å². The fourth-order valence-corrected chi connectivity index (χ4v) is 0.102. The maximum absolute atomic E-state index is 9.77. The van der Waals surface area contributed by atoms with Crippen LogP contribution in [-0.2, 0) is 9.59 Å². The molecule has 0 fully saturated rings. The van der Waals surface area contributed by atoms with E-state index in [1.807, 2.05) is 0 Å². The van der Waals surface area contributed by atoms with E-state index in [0.29, 0.717) is 0 Å². The average Bonchev–Trinajstić information content (AvgIpc) is 1.87. The van der Waals surface area contributed by atoms with Crippen LogP contribution in [-0.4, -0.2) is 29.8 Å². The van der Waals surface area contributed by atoms with Crippen LogP contribution in [0.15, 0.2) is 0 Å². The number of aliphatic hydroxyl groups is 1. The van der Waals surface area contributed by atoms with Crippen LogP contribution in [0.25, 0.3) is 0 Å². The van der Waals surface area contributed by atoms with Crippen LogP contribution < -0.4 is 5.73 Å². The molecule has 8 heavy (non-hydrogen) atoms. The molecule has 0 aromatic rings. The summed E-state index contributed by atoms with van der Waals surface area (Å²) < 4.78 is 0. The third-order valence-corrected chi connectivity index (χ3v) is 0.713. The molecule has 0 saturated carbocycles. The molecule has 0 heterocycles.